The van der Waals surface area contributed by atoms with Crippen LogP contribution in [0.2, 0.25) is 5.02 Å². The zero-order valence-electron chi connectivity index (χ0n) is 8.58. The molecule has 1 fully saturated rings. The van der Waals surface area contributed by atoms with Gasteiger partial charge in [0.15, 0.2) is 0 Å². The van der Waals surface area contributed by atoms with Crippen molar-refractivity contribution in [2.75, 3.05) is 30.3 Å². The molecule has 0 saturated carbocycles. The maximum Gasteiger partial charge on any atom is 0.0471 e. The Labute approximate surface area is 99.8 Å². The van der Waals surface area contributed by atoms with Crippen LogP contribution in [0.3, 0.4) is 0 Å². The predicted octanol–water partition coefficient (Wildman–Crippen LogP) is 2.47. The number of thioether (sulfide) groups is 1. The summed E-state index contributed by atoms with van der Waals surface area (Å²) in [6, 6.07) is 5.72. The Balaban J connectivity index is 2.09. The summed E-state index contributed by atoms with van der Waals surface area (Å²) in [6.45, 7) is 3.15. The summed E-state index contributed by atoms with van der Waals surface area (Å²) in [4.78, 5) is 2.41. The van der Waals surface area contributed by atoms with E-state index >= 15 is 0 Å². The van der Waals surface area contributed by atoms with Crippen molar-refractivity contribution >= 4 is 29.1 Å². The molecule has 2 nitrogen and oxygen atoms in total. The lowest BCUT2D eigenvalue weighted by atomic mass is 10.1. The van der Waals surface area contributed by atoms with Crippen LogP contribution >= 0.6 is 23.4 Å². The van der Waals surface area contributed by atoms with Crippen molar-refractivity contribution in [2.24, 2.45) is 0 Å². The molecule has 0 radical (unpaired) electrons. The third-order valence-electron chi connectivity index (χ3n) is 2.64. The molecule has 0 aliphatic carbocycles. The number of nitrogen functional groups attached to an aromatic ring is 1. The number of benzene rings is 1. The van der Waals surface area contributed by atoms with Crippen LogP contribution in [0.5, 0.6) is 0 Å². The lowest BCUT2D eigenvalue weighted by molar-refractivity contribution is 0.295. The van der Waals surface area contributed by atoms with E-state index in [0.29, 0.717) is 0 Å². The largest absolute Gasteiger partial charge is 0.398 e. The Hall–Kier alpha value is -0.380. The van der Waals surface area contributed by atoms with Gasteiger partial charge in [0.05, 0.1) is 0 Å². The number of rotatable bonds is 2. The Morgan fingerprint density at radius 1 is 1.33 bits per heavy atom. The average molecular weight is 243 g/mol. The molecule has 1 aliphatic heterocycles. The van der Waals surface area contributed by atoms with Gasteiger partial charge in [0.1, 0.15) is 0 Å². The quantitative estimate of drug-likeness (QED) is 0.808. The van der Waals surface area contributed by atoms with Crippen LogP contribution in [-0.4, -0.2) is 29.5 Å². The van der Waals surface area contributed by atoms with Crippen molar-refractivity contribution in [3.05, 3.63) is 28.8 Å². The molecule has 1 aromatic rings. The van der Waals surface area contributed by atoms with Crippen LogP contribution in [0.25, 0.3) is 0 Å². The molecule has 2 rings (SSSR count). The van der Waals surface area contributed by atoms with Crippen molar-refractivity contribution in [1.29, 1.82) is 0 Å². The van der Waals surface area contributed by atoms with Gasteiger partial charge in [-0.1, -0.05) is 17.7 Å². The maximum absolute atomic E-state index is 6.14. The molecule has 2 N–H and O–H groups in total. The first-order valence-electron chi connectivity index (χ1n) is 5.10. The van der Waals surface area contributed by atoms with Crippen molar-refractivity contribution < 1.29 is 0 Å². The second-order valence-corrected chi connectivity index (χ2v) is 5.33. The molecule has 1 aliphatic rings. The summed E-state index contributed by atoms with van der Waals surface area (Å²) in [5.74, 6) is 2.43. The van der Waals surface area contributed by atoms with Gasteiger partial charge in [-0.2, -0.15) is 11.8 Å². The zero-order chi connectivity index (χ0) is 10.7. The van der Waals surface area contributed by atoms with Gasteiger partial charge < -0.3 is 5.73 Å². The van der Waals surface area contributed by atoms with E-state index in [1.165, 1.54) is 11.5 Å². The van der Waals surface area contributed by atoms with Crippen LogP contribution in [-0.2, 0) is 6.54 Å². The maximum atomic E-state index is 6.14. The van der Waals surface area contributed by atoms with E-state index in [4.69, 9.17) is 17.3 Å². The van der Waals surface area contributed by atoms with E-state index in [0.717, 1.165) is 35.9 Å². The molecular weight excluding hydrogens is 228 g/mol. The lowest BCUT2D eigenvalue weighted by Gasteiger charge is -2.26. The second kappa shape index (κ2) is 5.10. The Kier molecular flexibility index (Phi) is 3.78. The number of nitrogens with zero attached hydrogens (tertiary/aromatic N) is 1. The van der Waals surface area contributed by atoms with Gasteiger partial charge in [0, 0.05) is 47.4 Å². The smallest absolute Gasteiger partial charge is 0.0471 e. The summed E-state index contributed by atoms with van der Waals surface area (Å²) >= 11 is 8.15. The Morgan fingerprint density at radius 2 is 2.07 bits per heavy atom. The topological polar surface area (TPSA) is 29.3 Å². The van der Waals surface area contributed by atoms with Gasteiger partial charge >= 0.3 is 0 Å². The van der Waals surface area contributed by atoms with Crippen LogP contribution in [0.15, 0.2) is 18.2 Å². The first-order valence-corrected chi connectivity index (χ1v) is 6.63. The van der Waals surface area contributed by atoms with E-state index in [1.54, 1.807) is 0 Å². The summed E-state index contributed by atoms with van der Waals surface area (Å²) in [6.07, 6.45) is 0. The molecule has 4 heteroatoms. The fourth-order valence-corrected chi connectivity index (χ4v) is 2.95. The van der Waals surface area contributed by atoms with E-state index in [9.17, 15) is 0 Å². The lowest BCUT2D eigenvalue weighted by Crippen LogP contribution is -2.32. The van der Waals surface area contributed by atoms with Gasteiger partial charge in [-0.05, 0) is 12.1 Å². The van der Waals surface area contributed by atoms with E-state index in [1.807, 2.05) is 30.0 Å². The average Bonchev–Trinajstić information content (AvgIpc) is 2.25. The summed E-state index contributed by atoms with van der Waals surface area (Å²) in [7, 11) is 0. The fraction of sp³-hybridized carbons (Fsp3) is 0.455. The second-order valence-electron chi connectivity index (χ2n) is 3.70. The highest BCUT2D eigenvalue weighted by Crippen LogP contribution is 2.24. The number of hydrogen-bond acceptors (Lipinski definition) is 3. The van der Waals surface area contributed by atoms with E-state index in [-0.39, 0.29) is 0 Å². The minimum absolute atomic E-state index is 0.785. The Morgan fingerprint density at radius 3 is 2.73 bits per heavy atom. The van der Waals surface area contributed by atoms with Gasteiger partial charge in [0.2, 0.25) is 0 Å². The van der Waals surface area contributed by atoms with Crippen molar-refractivity contribution in [2.45, 2.75) is 6.54 Å². The molecule has 0 spiro atoms. The zero-order valence-corrected chi connectivity index (χ0v) is 10.2. The van der Waals surface area contributed by atoms with E-state index in [2.05, 4.69) is 4.90 Å². The standard InChI is InChI=1S/C11H15ClN2S/c12-10-2-1-3-11(13)9(10)8-14-4-6-15-7-5-14/h1-3H,4-8,13H2. The third-order valence-corrected chi connectivity index (χ3v) is 3.94. The predicted molar refractivity (Wildman–Crippen MR) is 68.5 cm³/mol. The van der Waals surface area contributed by atoms with Crippen molar-refractivity contribution in [1.82, 2.24) is 4.90 Å². The molecule has 0 unspecified atom stereocenters. The summed E-state index contributed by atoms with van der Waals surface area (Å²) < 4.78 is 0. The van der Waals surface area contributed by atoms with Gasteiger partial charge in [0.25, 0.3) is 0 Å². The van der Waals surface area contributed by atoms with Crippen LogP contribution < -0.4 is 5.73 Å². The molecule has 1 heterocycles. The SMILES string of the molecule is Nc1cccc(Cl)c1CN1CCSCC1. The summed E-state index contributed by atoms with van der Waals surface area (Å²) in [5, 5.41) is 0.785. The monoisotopic (exact) mass is 242 g/mol. The molecule has 0 aromatic heterocycles. The molecule has 1 aromatic carbocycles. The van der Waals surface area contributed by atoms with Crippen LogP contribution in [0.4, 0.5) is 5.69 Å². The van der Waals surface area contributed by atoms with Crippen molar-refractivity contribution in [3.8, 4) is 0 Å². The molecule has 15 heavy (non-hydrogen) atoms. The minimum atomic E-state index is 0.785. The Bertz CT molecular complexity index is 317. The number of nitrogens with two attached hydrogens (primary N) is 1. The molecule has 82 valence electrons. The van der Waals surface area contributed by atoms with Crippen LogP contribution in [0.1, 0.15) is 5.56 Å². The highest BCUT2D eigenvalue weighted by atomic mass is 35.5. The molecule has 0 bridgehead atoms. The minimum Gasteiger partial charge on any atom is -0.398 e. The van der Waals surface area contributed by atoms with E-state index < -0.39 is 0 Å². The fourth-order valence-electron chi connectivity index (χ4n) is 1.73. The van der Waals surface area contributed by atoms with Crippen LogP contribution in [0, 0.1) is 0 Å². The first kappa shape index (κ1) is 11.1. The molecular formula is C11H15ClN2S. The highest BCUT2D eigenvalue weighted by molar-refractivity contribution is 7.99. The highest BCUT2D eigenvalue weighted by Gasteiger charge is 2.13. The number of anilines is 1. The number of hydrogen-bond donors (Lipinski definition) is 1. The third kappa shape index (κ3) is 2.80. The normalized spacial score (nSPS) is 17.9. The first-order chi connectivity index (χ1) is 7.27. The molecule has 0 amide bonds. The summed E-state index contributed by atoms with van der Waals surface area (Å²) in [5.41, 5.74) is 7.80. The number of halogens is 1. The van der Waals surface area contributed by atoms with Crippen molar-refractivity contribution in [3.63, 3.8) is 0 Å². The van der Waals surface area contributed by atoms with Gasteiger partial charge in [-0.3, -0.25) is 4.90 Å². The molecule has 1 saturated heterocycles. The van der Waals surface area contributed by atoms with Gasteiger partial charge in [-0.15, -0.1) is 0 Å². The molecule has 0 atom stereocenters. The van der Waals surface area contributed by atoms with Gasteiger partial charge in [-0.25, -0.2) is 0 Å².